The predicted molar refractivity (Wildman–Crippen MR) is 100 cm³/mol. The van der Waals surface area contributed by atoms with Crippen LogP contribution in [0.25, 0.3) is 11.1 Å². The van der Waals surface area contributed by atoms with E-state index in [2.05, 4.69) is 15.6 Å². The molecule has 1 spiro atoms. The van der Waals surface area contributed by atoms with Crippen LogP contribution in [-0.4, -0.2) is 34.9 Å². The molecule has 1 aromatic heterocycles. The number of hydrogen-bond donors (Lipinski definition) is 2. The van der Waals surface area contributed by atoms with Crippen LogP contribution in [0.3, 0.4) is 0 Å². The molecular weight excluding hydrogens is 385 g/mol. The van der Waals surface area contributed by atoms with Gasteiger partial charge in [0.15, 0.2) is 5.58 Å². The van der Waals surface area contributed by atoms with Gasteiger partial charge in [-0.1, -0.05) is 19.3 Å². The minimum Gasteiger partial charge on any atom is -0.439 e. The van der Waals surface area contributed by atoms with Gasteiger partial charge in [0.25, 0.3) is 5.92 Å². The number of aromatic nitrogens is 1. The van der Waals surface area contributed by atoms with Crippen LogP contribution in [0.5, 0.6) is 0 Å². The van der Waals surface area contributed by atoms with Crippen LogP contribution in [0.2, 0.25) is 0 Å². The van der Waals surface area contributed by atoms with Gasteiger partial charge in [0.1, 0.15) is 11.3 Å². The zero-order valence-corrected chi connectivity index (χ0v) is 16.0. The second-order valence-corrected chi connectivity index (χ2v) is 8.42. The van der Waals surface area contributed by atoms with Crippen molar-refractivity contribution in [2.45, 2.75) is 63.0 Å². The second-order valence-electron chi connectivity index (χ2n) is 8.42. The number of oxazole rings is 1. The first-order chi connectivity index (χ1) is 13.9. The number of amides is 2. The molecule has 2 fully saturated rings. The lowest BCUT2D eigenvalue weighted by molar-refractivity contribution is -0.0577. The van der Waals surface area contributed by atoms with Crippen LogP contribution in [0.15, 0.2) is 10.5 Å². The van der Waals surface area contributed by atoms with Gasteiger partial charge in [0.2, 0.25) is 5.89 Å². The first-order valence-electron chi connectivity index (χ1n) is 10.2. The molecular formula is C20H23F3N4O2. The summed E-state index contributed by atoms with van der Waals surface area (Å²) in [6.07, 6.45) is 3.99. The third kappa shape index (κ3) is 3.25. The van der Waals surface area contributed by atoms with E-state index >= 15 is 0 Å². The number of piperidine rings is 1. The highest BCUT2D eigenvalue weighted by molar-refractivity contribution is 5.98. The molecule has 1 aliphatic carbocycles. The Morgan fingerprint density at radius 2 is 1.86 bits per heavy atom. The van der Waals surface area contributed by atoms with E-state index in [9.17, 15) is 18.0 Å². The van der Waals surface area contributed by atoms with E-state index < -0.39 is 23.3 Å². The molecule has 3 aliphatic rings. The molecule has 3 heterocycles. The summed E-state index contributed by atoms with van der Waals surface area (Å²) in [4.78, 5) is 18.5. The van der Waals surface area contributed by atoms with Gasteiger partial charge in [-0.15, -0.1) is 0 Å². The number of benzene rings is 1. The number of likely N-dealkylation sites (tertiary alicyclic amines) is 1. The van der Waals surface area contributed by atoms with Gasteiger partial charge in [0, 0.05) is 37.6 Å². The third-order valence-corrected chi connectivity index (χ3v) is 6.40. The monoisotopic (exact) mass is 408 g/mol. The van der Waals surface area contributed by atoms with Gasteiger partial charge < -0.3 is 15.1 Å². The number of rotatable bonds is 2. The molecule has 156 valence electrons. The Hall–Kier alpha value is -2.29. The number of fused-ring (bicyclic) bond motifs is 4. The zero-order chi connectivity index (χ0) is 20.2. The quantitative estimate of drug-likeness (QED) is 0.768. The van der Waals surface area contributed by atoms with Crippen LogP contribution < -0.4 is 10.6 Å². The molecule has 0 unspecified atom stereocenters. The molecule has 1 aromatic carbocycles. The second kappa shape index (κ2) is 6.62. The lowest BCUT2D eigenvalue weighted by Gasteiger charge is -2.42. The largest absolute Gasteiger partial charge is 0.439 e. The number of carbonyl (C=O) groups is 1. The fourth-order valence-electron chi connectivity index (χ4n) is 4.91. The summed E-state index contributed by atoms with van der Waals surface area (Å²) in [7, 11) is 0. The molecule has 29 heavy (non-hydrogen) atoms. The molecule has 0 radical (unpaired) electrons. The van der Waals surface area contributed by atoms with Crippen molar-refractivity contribution in [1.29, 1.82) is 0 Å². The molecule has 2 aromatic rings. The van der Waals surface area contributed by atoms with Crippen molar-refractivity contribution in [3.05, 3.63) is 23.3 Å². The molecule has 1 saturated heterocycles. The van der Waals surface area contributed by atoms with Crippen molar-refractivity contribution < 1.29 is 22.4 Å². The molecule has 0 atom stereocenters. The number of halogens is 3. The van der Waals surface area contributed by atoms with E-state index in [0.717, 1.165) is 19.3 Å². The predicted octanol–water partition coefficient (Wildman–Crippen LogP) is 4.49. The van der Waals surface area contributed by atoms with Crippen molar-refractivity contribution in [2.24, 2.45) is 0 Å². The van der Waals surface area contributed by atoms with Gasteiger partial charge in [-0.05, 0) is 12.8 Å². The number of anilines is 1. The molecule has 1 saturated carbocycles. The number of urea groups is 1. The molecule has 0 bridgehead atoms. The normalized spacial score (nSPS) is 23.6. The number of carbonyl (C=O) groups excluding carboxylic acids is 1. The number of nitrogens with one attached hydrogen (secondary N) is 2. The Labute approximate surface area is 165 Å². The first kappa shape index (κ1) is 18.7. The lowest BCUT2D eigenvalue weighted by atomic mass is 9.74. The SMILES string of the molecule is O=C1Nc2c(F)cc3nc(CN4CCC(F)(F)CC4)oc3c2C2(CCCCC2)N1. The van der Waals surface area contributed by atoms with Crippen LogP contribution in [0.4, 0.5) is 23.7 Å². The molecule has 2 N–H and O–H groups in total. The van der Waals surface area contributed by atoms with Crippen molar-refractivity contribution in [3.8, 4) is 0 Å². The maximum atomic E-state index is 14.8. The van der Waals surface area contributed by atoms with Gasteiger partial charge in [-0.2, -0.15) is 0 Å². The Morgan fingerprint density at radius 3 is 2.59 bits per heavy atom. The Balaban J connectivity index is 1.53. The topological polar surface area (TPSA) is 70.4 Å². The Kier molecular flexibility index (Phi) is 4.27. The molecule has 5 rings (SSSR count). The van der Waals surface area contributed by atoms with Crippen molar-refractivity contribution >= 4 is 22.8 Å². The smallest absolute Gasteiger partial charge is 0.320 e. The van der Waals surface area contributed by atoms with E-state index in [0.29, 0.717) is 41.9 Å². The minimum atomic E-state index is -2.61. The minimum absolute atomic E-state index is 0.156. The van der Waals surface area contributed by atoms with E-state index in [1.54, 1.807) is 0 Å². The number of nitrogens with zero attached hydrogens (tertiary/aromatic N) is 2. The van der Waals surface area contributed by atoms with Crippen LogP contribution in [0.1, 0.15) is 56.4 Å². The highest BCUT2D eigenvalue weighted by Gasteiger charge is 2.44. The Bertz CT molecular complexity index is 958. The van der Waals surface area contributed by atoms with Crippen molar-refractivity contribution in [2.75, 3.05) is 18.4 Å². The van der Waals surface area contributed by atoms with Crippen LogP contribution >= 0.6 is 0 Å². The lowest BCUT2D eigenvalue weighted by Crippen LogP contribution is -2.53. The summed E-state index contributed by atoms with van der Waals surface area (Å²) in [6.45, 7) is 0.827. The standard InChI is InChI=1S/C20H23F3N4O2/c21-12-10-13-17(29-14(24-13)11-27-8-6-20(22,23)7-9-27)15-16(12)25-18(28)26-19(15)4-2-1-3-5-19/h10H,1-9,11H2,(H2,25,26,28). The number of hydrogen-bond acceptors (Lipinski definition) is 4. The highest BCUT2D eigenvalue weighted by Crippen LogP contribution is 2.47. The maximum absolute atomic E-state index is 14.8. The summed E-state index contributed by atoms with van der Waals surface area (Å²) >= 11 is 0. The fraction of sp³-hybridized carbons (Fsp3) is 0.600. The molecule has 6 nitrogen and oxygen atoms in total. The molecule has 2 amide bonds. The fourth-order valence-corrected chi connectivity index (χ4v) is 4.91. The summed E-state index contributed by atoms with van der Waals surface area (Å²) < 4.78 is 47.7. The third-order valence-electron chi connectivity index (χ3n) is 6.40. The average molecular weight is 408 g/mol. The van der Waals surface area contributed by atoms with Crippen molar-refractivity contribution in [3.63, 3.8) is 0 Å². The van der Waals surface area contributed by atoms with Gasteiger partial charge in [-0.25, -0.2) is 22.9 Å². The first-order valence-corrected chi connectivity index (χ1v) is 10.2. The van der Waals surface area contributed by atoms with Gasteiger partial charge in [0.05, 0.1) is 17.8 Å². The van der Waals surface area contributed by atoms with Crippen LogP contribution in [-0.2, 0) is 12.1 Å². The maximum Gasteiger partial charge on any atom is 0.320 e. The Morgan fingerprint density at radius 1 is 1.14 bits per heavy atom. The summed E-state index contributed by atoms with van der Waals surface area (Å²) in [5.41, 5.74) is 0.967. The highest BCUT2D eigenvalue weighted by atomic mass is 19.3. The summed E-state index contributed by atoms with van der Waals surface area (Å²) in [5.74, 6) is -2.78. The van der Waals surface area contributed by atoms with Crippen LogP contribution in [0, 0.1) is 5.82 Å². The summed E-state index contributed by atoms with van der Waals surface area (Å²) in [6, 6.07) is 0.861. The van der Waals surface area contributed by atoms with E-state index in [1.165, 1.54) is 6.07 Å². The molecule has 9 heteroatoms. The van der Waals surface area contributed by atoms with E-state index in [1.807, 2.05) is 4.90 Å². The van der Waals surface area contributed by atoms with Gasteiger partial charge in [-0.3, -0.25) is 4.90 Å². The summed E-state index contributed by atoms with van der Waals surface area (Å²) in [5, 5.41) is 5.59. The van der Waals surface area contributed by atoms with E-state index in [-0.39, 0.29) is 31.6 Å². The average Bonchev–Trinajstić information content (AvgIpc) is 3.06. The zero-order valence-electron chi connectivity index (χ0n) is 16.0. The van der Waals surface area contributed by atoms with Crippen molar-refractivity contribution in [1.82, 2.24) is 15.2 Å². The molecule has 2 aliphatic heterocycles. The number of alkyl halides is 2. The van der Waals surface area contributed by atoms with E-state index in [4.69, 9.17) is 4.42 Å². The van der Waals surface area contributed by atoms with Gasteiger partial charge >= 0.3 is 6.03 Å².